The van der Waals surface area contributed by atoms with Crippen LogP contribution in [-0.4, -0.2) is 30.7 Å². The molecule has 4 aromatic rings. The molecule has 1 aliphatic heterocycles. The number of nitrogens with one attached hydrogen (secondary N) is 1. The fourth-order valence-corrected chi connectivity index (χ4v) is 6.06. The van der Waals surface area contributed by atoms with Gasteiger partial charge in [0.1, 0.15) is 17.7 Å². The van der Waals surface area contributed by atoms with Crippen LogP contribution in [-0.2, 0) is 11.2 Å². The van der Waals surface area contributed by atoms with Crippen LogP contribution in [0.4, 0.5) is 11.5 Å². The Morgan fingerprint density at radius 1 is 1.18 bits per heavy atom. The van der Waals surface area contributed by atoms with E-state index in [4.69, 9.17) is 10.7 Å². The minimum absolute atomic E-state index is 0.0338. The minimum Gasteiger partial charge on any atom is -0.481 e. The summed E-state index contributed by atoms with van der Waals surface area (Å²) in [5, 5.41) is 19.7. The summed E-state index contributed by atoms with van der Waals surface area (Å²) >= 11 is 1.73. The van der Waals surface area contributed by atoms with Gasteiger partial charge in [0, 0.05) is 28.5 Å². The van der Waals surface area contributed by atoms with Gasteiger partial charge in [-0.3, -0.25) is 4.79 Å². The molecule has 2 aliphatic rings. The number of rotatable bonds is 4. The van der Waals surface area contributed by atoms with E-state index in [2.05, 4.69) is 51.1 Å². The number of carboxylic acids is 1. The van der Waals surface area contributed by atoms with E-state index in [9.17, 15) is 9.90 Å². The molecular formula is C24H24N6O2S. The third-order valence-electron chi connectivity index (χ3n) is 6.96. The lowest BCUT2D eigenvalue weighted by Gasteiger charge is -2.24. The van der Waals surface area contributed by atoms with Gasteiger partial charge in [-0.05, 0) is 42.7 Å². The van der Waals surface area contributed by atoms with Gasteiger partial charge < -0.3 is 16.2 Å². The van der Waals surface area contributed by atoms with Crippen molar-refractivity contribution < 1.29 is 9.90 Å². The number of hydrogen-bond donors (Lipinski definition) is 3. The number of thiophene rings is 1. The van der Waals surface area contributed by atoms with Crippen molar-refractivity contribution in [2.75, 3.05) is 11.1 Å². The Kier molecular flexibility index (Phi) is 4.79. The molecule has 0 spiro atoms. The van der Waals surface area contributed by atoms with Gasteiger partial charge in [-0.15, -0.1) is 11.3 Å². The number of anilines is 2. The van der Waals surface area contributed by atoms with Gasteiger partial charge in [0.05, 0.1) is 17.7 Å². The standard InChI is InChI=1S/C24H24N6O2S/c25-22-21-20(17-11-15-3-1-4-16(19(15)28-17)18-5-2-10-33-18)29-23(30(21)27-12-26-22)13-6-8-14(9-7-13)24(31)32/h1-5,10,12-14,17,28H,6-9,11H2,(H,31,32)(H2,25,26,27)/t13-,14-,17?. The first-order chi connectivity index (χ1) is 16.1. The number of para-hydroxylation sites is 1. The molecule has 0 radical (unpaired) electrons. The molecule has 8 nitrogen and oxygen atoms in total. The highest BCUT2D eigenvalue weighted by Crippen LogP contribution is 2.44. The van der Waals surface area contributed by atoms with Crippen LogP contribution in [0.3, 0.4) is 0 Å². The molecule has 9 heteroatoms. The van der Waals surface area contributed by atoms with Crippen molar-refractivity contribution in [2.24, 2.45) is 5.92 Å². The van der Waals surface area contributed by atoms with Crippen molar-refractivity contribution >= 4 is 34.3 Å². The van der Waals surface area contributed by atoms with Crippen molar-refractivity contribution in [3.63, 3.8) is 0 Å². The second-order valence-corrected chi connectivity index (χ2v) is 9.81. The highest BCUT2D eigenvalue weighted by atomic mass is 32.1. The molecule has 6 rings (SSSR count). The Bertz CT molecular complexity index is 1340. The quantitative estimate of drug-likeness (QED) is 0.410. The van der Waals surface area contributed by atoms with E-state index in [0.717, 1.165) is 42.0 Å². The first kappa shape index (κ1) is 20.2. The summed E-state index contributed by atoms with van der Waals surface area (Å²) in [4.78, 5) is 21.9. The Balaban J connectivity index is 1.38. The topological polar surface area (TPSA) is 118 Å². The summed E-state index contributed by atoms with van der Waals surface area (Å²) in [5.41, 5.74) is 11.5. The Hall–Kier alpha value is -3.46. The lowest BCUT2D eigenvalue weighted by Crippen LogP contribution is -2.21. The summed E-state index contributed by atoms with van der Waals surface area (Å²) in [6, 6.07) is 10.6. The summed E-state index contributed by atoms with van der Waals surface area (Å²) < 4.78 is 1.83. The number of nitrogens with two attached hydrogens (primary N) is 1. The van der Waals surface area contributed by atoms with E-state index in [1.807, 2.05) is 4.52 Å². The van der Waals surface area contributed by atoms with E-state index in [-0.39, 0.29) is 17.9 Å². The van der Waals surface area contributed by atoms with Gasteiger partial charge in [-0.1, -0.05) is 24.3 Å². The second-order valence-electron chi connectivity index (χ2n) is 8.87. The van der Waals surface area contributed by atoms with Gasteiger partial charge in [-0.2, -0.15) is 5.10 Å². The molecule has 0 amide bonds. The predicted molar refractivity (Wildman–Crippen MR) is 127 cm³/mol. The Labute approximate surface area is 194 Å². The number of imidazole rings is 1. The average molecular weight is 461 g/mol. The molecule has 1 fully saturated rings. The number of nitrogen functional groups attached to an aromatic ring is 1. The van der Waals surface area contributed by atoms with Gasteiger partial charge in [0.25, 0.3) is 0 Å². The SMILES string of the molecule is Nc1ncnn2c1c(C1Cc3cccc(-c4cccs4)c3N1)nc2[C@H]1CC[C@H](C(=O)O)CC1. The van der Waals surface area contributed by atoms with Crippen LogP contribution in [0.5, 0.6) is 0 Å². The summed E-state index contributed by atoms with van der Waals surface area (Å²) in [6.07, 6.45) is 5.14. The third kappa shape index (κ3) is 3.34. The smallest absolute Gasteiger partial charge is 0.306 e. The maximum atomic E-state index is 11.4. The minimum atomic E-state index is -0.705. The number of benzene rings is 1. The van der Waals surface area contributed by atoms with E-state index >= 15 is 0 Å². The zero-order valence-electron chi connectivity index (χ0n) is 17.9. The molecule has 1 aromatic carbocycles. The van der Waals surface area contributed by atoms with Crippen molar-refractivity contribution in [3.8, 4) is 10.4 Å². The maximum Gasteiger partial charge on any atom is 0.306 e. The molecule has 0 saturated heterocycles. The molecule has 0 bridgehead atoms. The Morgan fingerprint density at radius 2 is 2.03 bits per heavy atom. The zero-order valence-corrected chi connectivity index (χ0v) is 18.8. The molecule has 4 heterocycles. The molecule has 1 aliphatic carbocycles. The van der Waals surface area contributed by atoms with Crippen molar-refractivity contribution in [3.05, 3.63) is 59.1 Å². The molecule has 1 atom stereocenters. The summed E-state index contributed by atoms with van der Waals surface area (Å²) in [7, 11) is 0. The molecule has 33 heavy (non-hydrogen) atoms. The molecule has 168 valence electrons. The van der Waals surface area contributed by atoms with Crippen LogP contribution < -0.4 is 11.1 Å². The van der Waals surface area contributed by atoms with Crippen molar-refractivity contribution in [2.45, 2.75) is 44.1 Å². The Morgan fingerprint density at radius 3 is 2.79 bits per heavy atom. The van der Waals surface area contributed by atoms with E-state index in [1.165, 1.54) is 22.3 Å². The van der Waals surface area contributed by atoms with Crippen LogP contribution in [0, 0.1) is 5.92 Å². The lowest BCUT2D eigenvalue weighted by molar-refractivity contribution is -0.142. The van der Waals surface area contributed by atoms with Crippen LogP contribution in [0.15, 0.2) is 42.0 Å². The van der Waals surface area contributed by atoms with Gasteiger partial charge in [0.15, 0.2) is 5.82 Å². The van der Waals surface area contributed by atoms with Crippen LogP contribution in [0.2, 0.25) is 0 Å². The van der Waals surface area contributed by atoms with Crippen molar-refractivity contribution in [1.29, 1.82) is 0 Å². The lowest BCUT2D eigenvalue weighted by atomic mass is 9.82. The number of aromatic nitrogens is 4. The molecule has 4 N–H and O–H groups in total. The second kappa shape index (κ2) is 7.84. The molecule has 1 saturated carbocycles. The monoisotopic (exact) mass is 460 g/mol. The fraction of sp³-hybridized carbons (Fsp3) is 0.333. The molecule has 1 unspecified atom stereocenters. The largest absolute Gasteiger partial charge is 0.481 e. The third-order valence-corrected chi connectivity index (χ3v) is 7.87. The highest BCUT2D eigenvalue weighted by molar-refractivity contribution is 7.13. The number of fused-ring (bicyclic) bond motifs is 2. The highest BCUT2D eigenvalue weighted by Gasteiger charge is 2.34. The van der Waals surface area contributed by atoms with Gasteiger partial charge in [0.2, 0.25) is 0 Å². The first-order valence-corrected chi connectivity index (χ1v) is 12.1. The number of aliphatic carboxylic acids is 1. The fourth-order valence-electron chi connectivity index (χ4n) is 5.30. The summed E-state index contributed by atoms with van der Waals surface area (Å²) in [5.74, 6) is 0.446. The van der Waals surface area contributed by atoms with E-state index < -0.39 is 5.97 Å². The van der Waals surface area contributed by atoms with Crippen molar-refractivity contribution in [1.82, 2.24) is 19.6 Å². The van der Waals surface area contributed by atoms with Crippen LogP contribution >= 0.6 is 11.3 Å². The number of carbonyl (C=O) groups is 1. The maximum absolute atomic E-state index is 11.4. The number of carboxylic acid groups (broad SMARTS) is 1. The molecule has 3 aromatic heterocycles. The molecular weight excluding hydrogens is 436 g/mol. The van der Waals surface area contributed by atoms with E-state index in [1.54, 1.807) is 11.3 Å². The zero-order chi connectivity index (χ0) is 22.5. The predicted octanol–water partition coefficient (Wildman–Crippen LogP) is 4.50. The van der Waals surface area contributed by atoms with Crippen LogP contribution in [0.25, 0.3) is 16.0 Å². The van der Waals surface area contributed by atoms with Gasteiger partial charge in [-0.25, -0.2) is 14.5 Å². The first-order valence-electron chi connectivity index (χ1n) is 11.2. The van der Waals surface area contributed by atoms with Gasteiger partial charge >= 0.3 is 5.97 Å². The normalized spacial score (nSPS) is 22.2. The average Bonchev–Trinajstić information content (AvgIpc) is 3.57. The number of hydrogen-bond acceptors (Lipinski definition) is 7. The summed E-state index contributed by atoms with van der Waals surface area (Å²) in [6.45, 7) is 0. The van der Waals surface area contributed by atoms with Crippen LogP contribution in [0.1, 0.15) is 54.7 Å². The van der Waals surface area contributed by atoms with E-state index in [0.29, 0.717) is 18.7 Å². The number of nitrogens with zero attached hydrogens (tertiary/aromatic N) is 4.